The van der Waals surface area contributed by atoms with Crippen LogP contribution in [0, 0.1) is 0 Å². The van der Waals surface area contributed by atoms with Crippen molar-refractivity contribution in [2.24, 2.45) is 0 Å². The Bertz CT molecular complexity index is 995. The zero-order valence-electron chi connectivity index (χ0n) is 17.1. The second kappa shape index (κ2) is 11.6. The number of anilines is 1. The van der Waals surface area contributed by atoms with Gasteiger partial charge in [0, 0.05) is 23.0 Å². The van der Waals surface area contributed by atoms with Crippen molar-refractivity contribution in [1.29, 1.82) is 0 Å². The predicted molar refractivity (Wildman–Crippen MR) is 127 cm³/mol. The third kappa shape index (κ3) is 7.15. The quantitative estimate of drug-likeness (QED) is 0.372. The smallest absolute Gasteiger partial charge is 0.315 e. The molecule has 0 fully saturated rings. The van der Waals surface area contributed by atoms with E-state index in [9.17, 15) is 9.59 Å². The maximum Gasteiger partial charge on any atom is 0.315 e. The highest BCUT2D eigenvalue weighted by Gasteiger charge is 2.22. The fourth-order valence-corrected chi connectivity index (χ4v) is 3.84. The molecular formula is C22H24BrN5O2S. The lowest BCUT2D eigenvalue weighted by Crippen LogP contribution is -2.49. The first kappa shape index (κ1) is 22.9. The number of carbonyl (C=O) groups excluding carboxylic acids is 2. The van der Waals surface area contributed by atoms with Gasteiger partial charge in [0.15, 0.2) is 0 Å². The van der Waals surface area contributed by atoms with Crippen LogP contribution in [0.5, 0.6) is 0 Å². The Hall–Kier alpha value is -2.78. The van der Waals surface area contributed by atoms with Crippen LogP contribution in [0.3, 0.4) is 0 Å². The topological polar surface area (TPSA) is 96.0 Å². The normalized spacial score (nSPS) is 11.5. The summed E-state index contributed by atoms with van der Waals surface area (Å²) in [7, 11) is 0. The van der Waals surface area contributed by atoms with E-state index < -0.39 is 6.04 Å². The summed E-state index contributed by atoms with van der Waals surface area (Å²) >= 11 is 4.69. The van der Waals surface area contributed by atoms with E-state index in [-0.39, 0.29) is 11.9 Å². The maximum absolute atomic E-state index is 13.0. The third-order valence-corrected chi connectivity index (χ3v) is 5.88. The molecule has 0 bridgehead atoms. The number of unbranched alkanes of at least 4 members (excludes halogenated alkanes) is 1. The van der Waals surface area contributed by atoms with Crippen LogP contribution in [0.25, 0.3) is 10.6 Å². The van der Waals surface area contributed by atoms with Crippen LogP contribution in [0.15, 0.2) is 59.1 Å². The first-order chi connectivity index (χ1) is 15.0. The van der Waals surface area contributed by atoms with Crippen LogP contribution in [0.2, 0.25) is 0 Å². The van der Waals surface area contributed by atoms with Crippen molar-refractivity contribution >= 4 is 44.3 Å². The van der Waals surface area contributed by atoms with Crippen LogP contribution >= 0.6 is 27.3 Å². The Kier molecular flexibility index (Phi) is 8.54. The van der Waals surface area contributed by atoms with E-state index in [2.05, 4.69) is 49.0 Å². The average molecular weight is 502 g/mol. The number of amides is 3. The number of nitrogens with one attached hydrogen (secondary N) is 3. The molecule has 0 saturated carbocycles. The third-order valence-electron chi connectivity index (χ3n) is 4.47. The number of halogens is 1. The van der Waals surface area contributed by atoms with Gasteiger partial charge in [-0.2, -0.15) is 0 Å². The fourth-order valence-electron chi connectivity index (χ4n) is 2.82. The molecule has 0 aliphatic carbocycles. The van der Waals surface area contributed by atoms with Crippen LogP contribution in [-0.2, 0) is 11.2 Å². The minimum atomic E-state index is -0.746. The number of rotatable bonds is 9. The summed E-state index contributed by atoms with van der Waals surface area (Å²) in [5.74, 6) is -0.340. The highest BCUT2D eigenvalue weighted by atomic mass is 79.9. The number of urea groups is 1. The van der Waals surface area contributed by atoms with E-state index in [1.807, 2.05) is 54.6 Å². The molecule has 3 N–H and O–H groups in total. The van der Waals surface area contributed by atoms with Gasteiger partial charge in [0.05, 0.1) is 0 Å². The van der Waals surface area contributed by atoms with Crippen LogP contribution in [0.4, 0.5) is 9.93 Å². The summed E-state index contributed by atoms with van der Waals surface area (Å²) < 4.78 is 0.973. The Morgan fingerprint density at radius 1 is 1.06 bits per heavy atom. The summed E-state index contributed by atoms with van der Waals surface area (Å²) in [5, 5.41) is 17.7. The highest BCUT2D eigenvalue weighted by Crippen LogP contribution is 2.27. The van der Waals surface area contributed by atoms with Gasteiger partial charge >= 0.3 is 6.03 Å². The maximum atomic E-state index is 13.0. The SMILES string of the molecule is CCCCNC(=O)N[C@H](Cc1ccccc1)C(=O)Nc1nnc(-c2ccc(Br)cc2)s1. The van der Waals surface area contributed by atoms with Crippen molar-refractivity contribution in [2.75, 3.05) is 11.9 Å². The van der Waals surface area contributed by atoms with Crippen molar-refractivity contribution < 1.29 is 9.59 Å². The van der Waals surface area contributed by atoms with Crippen molar-refractivity contribution in [2.45, 2.75) is 32.2 Å². The molecule has 2 aromatic carbocycles. The highest BCUT2D eigenvalue weighted by molar-refractivity contribution is 9.10. The number of benzene rings is 2. The van der Waals surface area contributed by atoms with Crippen LogP contribution in [0.1, 0.15) is 25.3 Å². The largest absolute Gasteiger partial charge is 0.338 e. The van der Waals surface area contributed by atoms with E-state index in [4.69, 9.17) is 0 Å². The Balaban J connectivity index is 1.68. The summed E-state index contributed by atoms with van der Waals surface area (Å²) in [6, 6.07) is 16.2. The van der Waals surface area contributed by atoms with Crippen molar-refractivity contribution in [1.82, 2.24) is 20.8 Å². The van der Waals surface area contributed by atoms with Gasteiger partial charge in [-0.05, 0) is 24.1 Å². The molecule has 1 aromatic heterocycles. The summed E-state index contributed by atoms with van der Waals surface area (Å²) in [4.78, 5) is 25.2. The average Bonchev–Trinajstić information content (AvgIpc) is 3.23. The van der Waals surface area contributed by atoms with E-state index >= 15 is 0 Å². The second-order valence-electron chi connectivity index (χ2n) is 6.90. The van der Waals surface area contributed by atoms with Gasteiger partial charge in [-0.15, -0.1) is 10.2 Å². The molecule has 7 nitrogen and oxygen atoms in total. The molecule has 0 aliphatic heterocycles. The van der Waals surface area contributed by atoms with Gasteiger partial charge in [-0.25, -0.2) is 4.79 Å². The number of hydrogen-bond acceptors (Lipinski definition) is 5. The lowest BCUT2D eigenvalue weighted by Gasteiger charge is -2.18. The predicted octanol–water partition coefficient (Wildman–Crippen LogP) is 4.62. The van der Waals surface area contributed by atoms with Crippen LogP contribution < -0.4 is 16.0 Å². The number of nitrogens with zero attached hydrogens (tertiary/aromatic N) is 2. The van der Waals surface area contributed by atoms with E-state index in [1.165, 1.54) is 11.3 Å². The lowest BCUT2D eigenvalue weighted by atomic mass is 10.1. The summed E-state index contributed by atoms with van der Waals surface area (Å²) in [5.41, 5.74) is 1.86. The van der Waals surface area contributed by atoms with Gasteiger partial charge < -0.3 is 10.6 Å². The summed E-state index contributed by atoms with van der Waals surface area (Å²) in [6.45, 7) is 2.62. The second-order valence-corrected chi connectivity index (χ2v) is 8.80. The molecule has 162 valence electrons. The lowest BCUT2D eigenvalue weighted by molar-refractivity contribution is -0.117. The van der Waals surface area contributed by atoms with Gasteiger partial charge in [0.1, 0.15) is 11.0 Å². The van der Waals surface area contributed by atoms with Gasteiger partial charge in [-0.1, -0.05) is 83.1 Å². The van der Waals surface area contributed by atoms with Gasteiger partial charge in [-0.3, -0.25) is 10.1 Å². The number of hydrogen-bond donors (Lipinski definition) is 3. The molecule has 1 atom stereocenters. The van der Waals surface area contributed by atoms with Gasteiger partial charge in [0.25, 0.3) is 0 Å². The molecule has 1 heterocycles. The molecule has 0 radical (unpaired) electrons. The standard InChI is InChI=1S/C22H24BrN5O2S/c1-2-3-13-24-21(30)25-18(14-15-7-5-4-6-8-15)19(29)26-22-28-27-20(31-22)16-9-11-17(23)12-10-16/h4-12,18H,2-3,13-14H2,1H3,(H2,24,25,30)(H,26,28,29)/t18-/m1/s1. The molecule has 3 aromatic rings. The molecule has 31 heavy (non-hydrogen) atoms. The molecule has 0 aliphatic rings. The first-order valence-electron chi connectivity index (χ1n) is 10.0. The first-order valence-corrected chi connectivity index (χ1v) is 11.6. The molecule has 0 saturated heterocycles. The number of aromatic nitrogens is 2. The van der Waals surface area contributed by atoms with Crippen molar-refractivity contribution in [3.05, 3.63) is 64.6 Å². The minimum Gasteiger partial charge on any atom is -0.338 e. The Labute approximate surface area is 193 Å². The zero-order valence-corrected chi connectivity index (χ0v) is 19.5. The molecule has 0 spiro atoms. The van der Waals surface area contributed by atoms with E-state index in [0.29, 0.717) is 23.1 Å². The Morgan fingerprint density at radius 3 is 2.52 bits per heavy atom. The molecule has 3 rings (SSSR count). The molecular weight excluding hydrogens is 478 g/mol. The fraction of sp³-hybridized carbons (Fsp3) is 0.273. The van der Waals surface area contributed by atoms with E-state index in [1.54, 1.807) is 0 Å². The van der Waals surface area contributed by atoms with Crippen molar-refractivity contribution in [3.63, 3.8) is 0 Å². The van der Waals surface area contributed by atoms with Gasteiger partial charge in [0.2, 0.25) is 11.0 Å². The Morgan fingerprint density at radius 2 is 1.81 bits per heavy atom. The monoisotopic (exact) mass is 501 g/mol. The molecule has 0 unspecified atom stereocenters. The summed E-state index contributed by atoms with van der Waals surface area (Å²) in [6.07, 6.45) is 2.23. The zero-order chi connectivity index (χ0) is 22.1. The van der Waals surface area contributed by atoms with E-state index in [0.717, 1.165) is 28.4 Å². The molecule has 3 amide bonds. The number of carbonyl (C=O) groups is 2. The molecule has 9 heteroatoms. The minimum absolute atomic E-state index is 0.340. The van der Waals surface area contributed by atoms with Crippen molar-refractivity contribution in [3.8, 4) is 10.6 Å². The van der Waals surface area contributed by atoms with Crippen LogP contribution in [-0.4, -0.2) is 34.7 Å².